The van der Waals surface area contributed by atoms with Crippen molar-refractivity contribution in [3.8, 4) is 17.2 Å². The van der Waals surface area contributed by atoms with E-state index in [1.165, 1.54) is 18.2 Å². The zero-order chi connectivity index (χ0) is 36.7. The Labute approximate surface area is 285 Å². The van der Waals surface area contributed by atoms with Crippen LogP contribution in [0.1, 0.15) is 62.3 Å². The fourth-order valence-corrected chi connectivity index (χ4v) is 10.4. The highest BCUT2D eigenvalue weighted by Crippen LogP contribution is 2.70. The predicted octanol–water partition coefficient (Wildman–Crippen LogP) is 10.6. The molecule has 1 N–H and O–H groups in total. The lowest BCUT2D eigenvalue weighted by Gasteiger charge is -2.36. The number of benzene rings is 4. The summed E-state index contributed by atoms with van der Waals surface area (Å²) in [5.41, 5.74) is -2.09. The number of hydrogen-bond donors (Lipinski definition) is 0. The van der Waals surface area contributed by atoms with Crippen molar-refractivity contribution < 1.29 is 48.2 Å². The lowest BCUT2D eigenvalue weighted by molar-refractivity contribution is 0.130. The van der Waals surface area contributed by atoms with Crippen molar-refractivity contribution in [3.05, 3.63) is 102 Å². The highest BCUT2D eigenvalue weighted by atomic mass is 32.3. The molecule has 6 nitrogen and oxygen atoms in total. The molecule has 0 saturated heterocycles. The van der Waals surface area contributed by atoms with Gasteiger partial charge in [0.25, 0.3) is 0 Å². The third-order valence-electron chi connectivity index (χ3n) is 6.35. The van der Waals surface area contributed by atoms with Crippen molar-refractivity contribution in [2.45, 2.75) is 98.7 Å². The Morgan fingerprint density at radius 3 is 1.06 bits per heavy atom. The van der Waals surface area contributed by atoms with E-state index in [1.807, 2.05) is 0 Å². The number of hydrogen-bond acceptors (Lipinski definition) is 5. The molecule has 0 fully saturated rings. The first-order valence-corrected chi connectivity index (χ1v) is 18.2. The van der Waals surface area contributed by atoms with E-state index in [0.717, 1.165) is 0 Å². The maximum atomic E-state index is 15.2. The summed E-state index contributed by atoms with van der Waals surface area (Å²) in [6.07, 6.45) is 0. The Balaban J connectivity index is 2.17. The van der Waals surface area contributed by atoms with Gasteiger partial charge in [0.15, 0.2) is 23.3 Å². The van der Waals surface area contributed by atoms with Gasteiger partial charge in [0.1, 0.15) is 34.1 Å². The van der Waals surface area contributed by atoms with Crippen molar-refractivity contribution >= 4 is 20.4 Å². The van der Waals surface area contributed by atoms with Crippen LogP contribution in [0, 0.1) is 29.1 Å². The molecule has 4 rings (SSSR count). The Morgan fingerprint density at radius 1 is 0.490 bits per heavy atom. The fourth-order valence-electron chi connectivity index (χ4n) is 4.76. The first-order chi connectivity index (χ1) is 22.4. The van der Waals surface area contributed by atoms with Crippen LogP contribution in [-0.2, 0) is 10.1 Å². The second-order valence-corrected chi connectivity index (χ2v) is 18.6. The summed E-state index contributed by atoms with van der Waals surface area (Å²) in [4.78, 5) is -1.49. The van der Waals surface area contributed by atoms with Gasteiger partial charge in [-0.1, -0.05) is 18.2 Å². The molecule has 0 aromatic heterocycles. The fraction of sp³-hybridized carbons (Fsp3) is 0.333. The van der Waals surface area contributed by atoms with E-state index in [-0.39, 0.29) is 14.7 Å². The SMILES string of the molecule is CC(C)(C)Oc1cccc(S([OH+]S(=O)(=O)c2c(F)c(F)c(F)c(F)c2F)(c2cccc(OC(C)(C)C)c2)c2cccc(OC(C)(C)C)c2)c1. The largest absolute Gasteiger partial charge is 0.488 e. The molecule has 49 heavy (non-hydrogen) atoms. The van der Waals surface area contributed by atoms with Gasteiger partial charge in [-0.15, -0.1) is 8.42 Å². The third kappa shape index (κ3) is 8.68. The molecule has 0 bridgehead atoms. The Hall–Kier alpha value is -3.81. The highest BCUT2D eigenvalue weighted by molar-refractivity contribution is 8.32. The van der Waals surface area contributed by atoms with Crippen molar-refractivity contribution in [3.63, 3.8) is 0 Å². The van der Waals surface area contributed by atoms with Crippen LogP contribution in [0.15, 0.2) is 92.4 Å². The van der Waals surface area contributed by atoms with Crippen molar-refractivity contribution in [1.82, 2.24) is 0 Å². The standard InChI is InChI=1S/C36H39F5O6S2/c1-34(2,3)44-22-13-10-16-25(19-22)48(26-17-11-14-23(20-26)45-35(4,5)6,27-18-12-15-24(21-27)46-36(7,8)9)47-49(42,43)33-31(40)29(38)28(37)30(39)32(33)41/h10-21H,1-9H3/p+1. The van der Waals surface area contributed by atoms with Gasteiger partial charge in [-0.25, -0.2) is 22.0 Å². The Morgan fingerprint density at radius 2 is 0.776 bits per heavy atom. The minimum atomic E-state index is -5.69. The highest BCUT2D eigenvalue weighted by Gasteiger charge is 2.48. The first kappa shape index (κ1) is 38.0. The number of ether oxygens (including phenoxy) is 3. The minimum absolute atomic E-state index is 0.197. The summed E-state index contributed by atoms with van der Waals surface area (Å²) in [5.74, 6) is -11.5. The molecule has 266 valence electrons. The summed E-state index contributed by atoms with van der Waals surface area (Å²) in [5, 5.41) is 0. The van der Waals surface area contributed by atoms with Gasteiger partial charge >= 0.3 is 10.1 Å². The molecule has 0 aliphatic carbocycles. The van der Waals surface area contributed by atoms with Crippen LogP contribution in [0.5, 0.6) is 17.2 Å². The molecular formula is C36H40F5O6S2+. The van der Waals surface area contributed by atoms with Crippen LogP contribution in [0.4, 0.5) is 22.0 Å². The normalized spacial score (nSPS) is 13.3. The maximum Gasteiger partial charge on any atom is 0.428 e. The predicted molar refractivity (Wildman–Crippen MR) is 179 cm³/mol. The molecule has 13 heteroatoms. The molecule has 0 atom stereocenters. The molecule has 0 spiro atoms. The lowest BCUT2D eigenvalue weighted by Crippen LogP contribution is -2.25. The minimum Gasteiger partial charge on any atom is -0.488 e. The summed E-state index contributed by atoms with van der Waals surface area (Å²) >= 11 is 0. The molecule has 4 aromatic carbocycles. The average Bonchev–Trinajstić information content (AvgIpc) is 2.95. The zero-order valence-corrected chi connectivity index (χ0v) is 30.3. The van der Waals surface area contributed by atoms with Gasteiger partial charge in [-0.3, -0.25) is 3.63 Å². The van der Waals surface area contributed by atoms with Gasteiger partial charge in [-0.05, 0) is 117 Å². The summed E-state index contributed by atoms with van der Waals surface area (Å²) in [6.45, 7) is 16.2. The maximum absolute atomic E-state index is 15.2. The quantitative estimate of drug-likeness (QED) is 0.0564. The Kier molecular flexibility index (Phi) is 10.5. The van der Waals surface area contributed by atoms with Gasteiger partial charge in [0, 0.05) is 0 Å². The van der Waals surface area contributed by atoms with E-state index in [9.17, 15) is 21.6 Å². The van der Waals surface area contributed by atoms with Gasteiger partial charge < -0.3 is 14.2 Å². The average molecular weight is 728 g/mol. The van der Waals surface area contributed by atoms with E-state index >= 15 is 8.78 Å². The zero-order valence-electron chi connectivity index (χ0n) is 28.6. The summed E-state index contributed by atoms with van der Waals surface area (Å²) < 4.78 is 124. The molecule has 0 radical (unpaired) electrons. The molecular weight excluding hydrogens is 688 g/mol. The summed E-state index contributed by atoms with van der Waals surface area (Å²) in [6, 6.07) is 18.9. The molecule has 4 aromatic rings. The Bertz CT molecular complexity index is 1790. The van der Waals surface area contributed by atoms with Crippen molar-refractivity contribution in [1.29, 1.82) is 0 Å². The van der Waals surface area contributed by atoms with Gasteiger partial charge in [0.2, 0.25) is 10.7 Å². The van der Waals surface area contributed by atoms with Gasteiger partial charge in [-0.2, -0.15) is 0 Å². The van der Waals surface area contributed by atoms with E-state index < -0.39 is 71.2 Å². The summed E-state index contributed by atoms with van der Waals surface area (Å²) in [7, 11) is -9.30. The van der Waals surface area contributed by atoms with E-state index in [1.54, 1.807) is 117 Å². The molecule has 0 heterocycles. The van der Waals surface area contributed by atoms with Crippen LogP contribution < -0.4 is 14.2 Å². The van der Waals surface area contributed by atoms with Crippen LogP contribution in [-0.4, -0.2) is 28.9 Å². The lowest BCUT2D eigenvalue weighted by atomic mass is 10.2. The monoisotopic (exact) mass is 727 g/mol. The van der Waals surface area contributed by atoms with Crippen LogP contribution in [0.25, 0.3) is 0 Å². The third-order valence-corrected chi connectivity index (χ3v) is 11.7. The molecule has 0 amide bonds. The molecule has 0 saturated carbocycles. The molecule has 0 aliphatic rings. The van der Waals surface area contributed by atoms with E-state index in [2.05, 4.69) is 3.63 Å². The number of rotatable bonds is 9. The second kappa shape index (κ2) is 13.5. The van der Waals surface area contributed by atoms with Gasteiger partial charge in [0.05, 0.1) is 25.0 Å². The van der Waals surface area contributed by atoms with Crippen LogP contribution in [0.2, 0.25) is 0 Å². The number of halogens is 5. The first-order valence-electron chi connectivity index (χ1n) is 15.1. The van der Waals surface area contributed by atoms with Crippen molar-refractivity contribution in [2.24, 2.45) is 0 Å². The second-order valence-electron chi connectivity index (χ2n) is 14.1. The molecule has 0 aliphatic heterocycles. The van der Waals surface area contributed by atoms with Crippen LogP contribution >= 0.6 is 10.3 Å². The van der Waals surface area contributed by atoms with E-state index in [4.69, 9.17) is 14.2 Å². The van der Waals surface area contributed by atoms with Crippen molar-refractivity contribution in [2.75, 3.05) is 0 Å². The topological polar surface area (TPSA) is 74.6 Å². The molecule has 0 unspecified atom stereocenters. The van der Waals surface area contributed by atoms with E-state index in [0.29, 0.717) is 17.2 Å². The smallest absolute Gasteiger partial charge is 0.428 e. The van der Waals surface area contributed by atoms with Crippen LogP contribution in [0.3, 0.4) is 0 Å².